The second kappa shape index (κ2) is 6.66. The third kappa shape index (κ3) is 3.18. The lowest BCUT2D eigenvalue weighted by molar-refractivity contribution is 0.0817. The molecule has 0 aliphatic heterocycles. The van der Waals surface area contributed by atoms with Crippen LogP contribution in [0.2, 0.25) is 0 Å². The van der Waals surface area contributed by atoms with E-state index in [2.05, 4.69) is 6.58 Å². The Morgan fingerprint density at radius 2 is 1.42 bits per heavy atom. The quantitative estimate of drug-likeness (QED) is 0.626. The molecular formula is C16H13ClO2. The summed E-state index contributed by atoms with van der Waals surface area (Å²) in [6.07, 6.45) is 1.57. The van der Waals surface area contributed by atoms with Gasteiger partial charge in [0.25, 0.3) is 0 Å². The zero-order valence-electron chi connectivity index (χ0n) is 10.2. The SMILES string of the molecule is C=Cc1ccccc1C(=O)C(=O)c1ccccc1.Cl. The lowest BCUT2D eigenvalue weighted by Gasteiger charge is -2.04. The minimum atomic E-state index is -0.503. The second-order valence-corrected chi connectivity index (χ2v) is 3.82. The Bertz CT molecular complexity index is 603. The molecule has 0 amide bonds. The maximum Gasteiger partial charge on any atom is 0.234 e. The van der Waals surface area contributed by atoms with E-state index < -0.39 is 11.6 Å². The number of hydrogen-bond donors (Lipinski definition) is 0. The first kappa shape index (κ1) is 14.9. The summed E-state index contributed by atoms with van der Waals surface area (Å²) in [5, 5.41) is 0. The normalized spacial score (nSPS) is 9.26. The highest BCUT2D eigenvalue weighted by Crippen LogP contribution is 2.13. The van der Waals surface area contributed by atoms with Crippen molar-refractivity contribution in [3.8, 4) is 0 Å². The average Bonchev–Trinajstić information content (AvgIpc) is 2.46. The van der Waals surface area contributed by atoms with Crippen LogP contribution in [0.3, 0.4) is 0 Å². The van der Waals surface area contributed by atoms with Gasteiger partial charge < -0.3 is 0 Å². The molecule has 2 rings (SSSR count). The van der Waals surface area contributed by atoms with E-state index in [0.717, 1.165) is 0 Å². The summed E-state index contributed by atoms with van der Waals surface area (Å²) in [5.41, 5.74) is 1.47. The third-order valence-corrected chi connectivity index (χ3v) is 2.67. The number of rotatable bonds is 4. The van der Waals surface area contributed by atoms with Crippen LogP contribution >= 0.6 is 12.4 Å². The summed E-state index contributed by atoms with van der Waals surface area (Å²) in [6, 6.07) is 15.5. The zero-order valence-corrected chi connectivity index (χ0v) is 11.0. The summed E-state index contributed by atoms with van der Waals surface area (Å²) in [4.78, 5) is 24.2. The van der Waals surface area contributed by atoms with Gasteiger partial charge in [-0.3, -0.25) is 9.59 Å². The number of carbonyl (C=O) groups excluding carboxylic acids is 2. The fourth-order valence-corrected chi connectivity index (χ4v) is 1.72. The molecule has 0 saturated heterocycles. The Labute approximate surface area is 118 Å². The van der Waals surface area contributed by atoms with Crippen molar-refractivity contribution < 1.29 is 9.59 Å². The Hall–Kier alpha value is -2.19. The van der Waals surface area contributed by atoms with Crippen molar-refractivity contribution in [2.75, 3.05) is 0 Å². The van der Waals surface area contributed by atoms with Crippen molar-refractivity contribution in [1.82, 2.24) is 0 Å². The van der Waals surface area contributed by atoms with E-state index in [0.29, 0.717) is 16.7 Å². The molecule has 96 valence electrons. The number of Topliss-reactive ketones (excluding diaryl/α,β-unsaturated/α-hetero) is 2. The van der Waals surface area contributed by atoms with Crippen molar-refractivity contribution in [2.45, 2.75) is 0 Å². The number of ketones is 2. The largest absolute Gasteiger partial charge is 0.285 e. The summed E-state index contributed by atoms with van der Waals surface area (Å²) >= 11 is 0. The number of carbonyl (C=O) groups is 2. The Morgan fingerprint density at radius 1 is 0.842 bits per heavy atom. The summed E-state index contributed by atoms with van der Waals surface area (Å²) in [5.74, 6) is -0.999. The molecule has 0 heterocycles. The molecule has 0 radical (unpaired) electrons. The van der Waals surface area contributed by atoms with Gasteiger partial charge in [-0.15, -0.1) is 12.4 Å². The van der Waals surface area contributed by atoms with E-state index in [9.17, 15) is 9.59 Å². The van der Waals surface area contributed by atoms with Gasteiger partial charge in [-0.25, -0.2) is 0 Å². The van der Waals surface area contributed by atoms with Gasteiger partial charge >= 0.3 is 0 Å². The highest BCUT2D eigenvalue weighted by molar-refractivity contribution is 6.49. The predicted octanol–water partition coefficient (Wildman–Crippen LogP) is 3.82. The van der Waals surface area contributed by atoms with Crippen LogP contribution in [0, 0.1) is 0 Å². The highest BCUT2D eigenvalue weighted by Gasteiger charge is 2.19. The minimum Gasteiger partial charge on any atom is -0.285 e. The molecule has 3 heteroatoms. The fourth-order valence-electron chi connectivity index (χ4n) is 1.72. The second-order valence-electron chi connectivity index (χ2n) is 3.82. The van der Waals surface area contributed by atoms with E-state index >= 15 is 0 Å². The molecule has 0 aliphatic carbocycles. The molecule has 19 heavy (non-hydrogen) atoms. The fraction of sp³-hybridized carbons (Fsp3) is 0. The van der Waals surface area contributed by atoms with Gasteiger partial charge in [0.05, 0.1) is 0 Å². The first-order chi connectivity index (χ1) is 8.74. The lowest BCUT2D eigenvalue weighted by atomic mass is 9.97. The molecule has 2 aromatic rings. The Morgan fingerprint density at radius 3 is 2.05 bits per heavy atom. The van der Waals surface area contributed by atoms with Crippen LogP contribution in [0.15, 0.2) is 61.2 Å². The molecule has 0 fully saturated rings. The van der Waals surface area contributed by atoms with Gasteiger partial charge in [0.2, 0.25) is 11.6 Å². The van der Waals surface area contributed by atoms with Gasteiger partial charge in [0, 0.05) is 11.1 Å². The minimum absolute atomic E-state index is 0. The molecule has 0 spiro atoms. The maximum atomic E-state index is 12.1. The van der Waals surface area contributed by atoms with Crippen molar-refractivity contribution in [2.24, 2.45) is 0 Å². The van der Waals surface area contributed by atoms with Gasteiger partial charge in [0.15, 0.2) is 0 Å². The molecule has 0 N–H and O–H groups in total. The van der Waals surface area contributed by atoms with Crippen LogP contribution in [0.5, 0.6) is 0 Å². The van der Waals surface area contributed by atoms with E-state index in [1.54, 1.807) is 60.7 Å². The predicted molar refractivity (Wildman–Crippen MR) is 78.9 cm³/mol. The summed E-state index contributed by atoms with van der Waals surface area (Å²) in [6.45, 7) is 3.64. The number of benzene rings is 2. The number of hydrogen-bond acceptors (Lipinski definition) is 2. The smallest absolute Gasteiger partial charge is 0.234 e. The van der Waals surface area contributed by atoms with E-state index in [4.69, 9.17) is 0 Å². The van der Waals surface area contributed by atoms with Crippen LogP contribution in [0.1, 0.15) is 26.3 Å². The van der Waals surface area contributed by atoms with Crippen LogP contribution < -0.4 is 0 Å². The Kier molecular flexibility index (Phi) is 5.22. The molecule has 0 aromatic heterocycles. The molecule has 2 aromatic carbocycles. The van der Waals surface area contributed by atoms with Crippen LogP contribution in [-0.2, 0) is 0 Å². The lowest BCUT2D eigenvalue weighted by Crippen LogP contribution is -2.15. The first-order valence-electron chi connectivity index (χ1n) is 5.59. The first-order valence-corrected chi connectivity index (χ1v) is 5.59. The van der Waals surface area contributed by atoms with Crippen molar-refractivity contribution >= 4 is 30.0 Å². The van der Waals surface area contributed by atoms with E-state index in [-0.39, 0.29) is 12.4 Å². The van der Waals surface area contributed by atoms with Crippen molar-refractivity contribution in [3.05, 3.63) is 77.9 Å². The molecule has 0 aliphatic rings. The van der Waals surface area contributed by atoms with Gasteiger partial charge in [0.1, 0.15) is 0 Å². The number of halogens is 1. The van der Waals surface area contributed by atoms with Crippen LogP contribution in [0.25, 0.3) is 6.08 Å². The standard InChI is InChI=1S/C16H12O2.ClH/c1-2-12-8-6-7-11-14(12)16(18)15(17)13-9-4-3-5-10-13;/h2-11H,1H2;1H. The van der Waals surface area contributed by atoms with Crippen LogP contribution in [0.4, 0.5) is 0 Å². The van der Waals surface area contributed by atoms with Crippen molar-refractivity contribution in [3.63, 3.8) is 0 Å². The monoisotopic (exact) mass is 272 g/mol. The van der Waals surface area contributed by atoms with Crippen LogP contribution in [-0.4, -0.2) is 11.6 Å². The molecule has 0 saturated carbocycles. The van der Waals surface area contributed by atoms with Gasteiger partial charge in [-0.1, -0.05) is 67.3 Å². The average molecular weight is 273 g/mol. The van der Waals surface area contributed by atoms with E-state index in [1.807, 2.05) is 0 Å². The molecule has 0 bridgehead atoms. The summed E-state index contributed by atoms with van der Waals surface area (Å²) in [7, 11) is 0. The summed E-state index contributed by atoms with van der Waals surface area (Å²) < 4.78 is 0. The Balaban J connectivity index is 0.00000180. The van der Waals surface area contributed by atoms with E-state index in [1.165, 1.54) is 0 Å². The highest BCUT2D eigenvalue weighted by atomic mass is 35.5. The zero-order chi connectivity index (χ0) is 13.0. The van der Waals surface area contributed by atoms with Gasteiger partial charge in [-0.05, 0) is 5.56 Å². The topological polar surface area (TPSA) is 34.1 Å². The molecule has 0 unspecified atom stereocenters. The molecule has 2 nitrogen and oxygen atoms in total. The molecular weight excluding hydrogens is 260 g/mol. The third-order valence-electron chi connectivity index (χ3n) is 2.67. The molecule has 0 atom stereocenters. The maximum absolute atomic E-state index is 12.1. The van der Waals surface area contributed by atoms with Gasteiger partial charge in [-0.2, -0.15) is 0 Å². The van der Waals surface area contributed by atoms with Crippen molar-refractivity contribution in [1.29, 1.82) is 0 Å².